The number of imide groups is 1. The average Bonchev–Trinajstić information content (AvgIpc) is 3.33. The molecule has 2 heterocycles. The molecule has 0 spiro atoms. The van der Waals surface area contributed by atoms with Crippen LogP contribution in [0, 0.1) is 0 Å². The highest BCUT2D eigenvalue weighted by Crippen LogP contribution is 2.37. The van der Waals surface area contributed by atoms with E-state index in [1.807, 2.05) is 0 Å². The summed E-state index contributed by atoms with van der Waals surface area (Å²) in [6, 6.07) is 3.41. The van der Waals surface area contributed by atoms with Crippen LogP contribution in [0.1, 0.15) is 25.3 Å². The van der Waals surface area contributed by atoms with E-state index in [0.29, 0.717) is 33.3 Å². The molecule has 166 valence electrons. The lowest BCUT2D eigenvalue weighted by Crippen LogP contribution is -2.40. The molecule has 3 amide bonds. The molecule has 8 nitrogen and oxygen atoms in total. The Morgan fingerprint density at radius 3 is 2.42 bits per heavy atom. The van der Waals surface area contributed by atoms with Crippen LogP contribution in [0.4, 0.5) is 4.79 Å². The fourth-order valence-corrected chi connectivity index (χ4v) is 5.41. The van der Waals surface area contributed by atoms with Crippen LogP contribution >= 0.6 is 43.6 Å². The lowest BCUT2D eigenvalue weighted by atomic mass is 10.2. The van der Waals surface area contributed by atoms with Crippen molar-refractivity contribution in [3.63, 3.8) is 0 Å². The van der Waals surface area contributed by atoms with Crippen LogP contribution in [0.5, 0.6) is 5.75 Å². The Balaban J connectivity index is 1.71. The summed E-state index contributed by atoms with van der Waals surface area (Å²) in [5, 5.41) is -0.462. The second kappa shape index (κ2) is 10.6. The lowest BCUT2D eigenvalue weighted by molar-refractivity contribution is -0.145. The van der Waals surface area contributed by atoms with Crippen LogP contribution in [0.2, 0.25) is 0 Å². The number of ether oxygens (including phenoxy) is 2. The summed E-state index contributed by atoms with van der Waals surface area (Å²) in [5.41, 5.74) is 0.638. The van der Waals surface area contributed by atoms with Crippen LogP contribution in [0.15, 0.2) is 26.0 Å². The summed E-state index contributed by atoms with van der Waals surface area (Å²) < 4.78 is 11.4. The molecule has 0 aromatic heterocycles. The van der Waals surface area contributed by atoms with Gasteiger partial charge in [-0.1, -0.05) is 0 Å². The van der Waals surface area contributed by atoms with Crippen molar-refractivity contribution in [3.8, 4) is 5.75 Å². The minimum Gasteiger partial charge on any atom is -0.480 e. The van der Waals surface area contributed by atoms with Gasteiger partial charge in [0.05, 0.1) is 20.5 Å². The van der Waals surface area contributed by atoms with Crippen molar-refractivity contribution >= 4 is 72.7 Å². The monoisotopic (exact) mass is 574 g/mol. The number of halogens is 2. The highest BCUT2D eigenvalue weighted by atomic mass is 79.9. The zero-order valence-electron chi connectivity index (χ0n) is 16.7. The van der Waals surface area contributed by atoms with E-state index in [1.165, 1.54) is 0 Å². The van der Waals surface area contributed by atoms with Crippen molar-refractivity contribution in [2.75, 3.05) is 32.8 Å². The van der Waals surface area contributed by atoms with E-state index in [2.05, 4.69) is 31.9 Å². The largest absolute Gasteiger partial charge is 0.480 e. The Hall–Kier alpha value is -1.85. The number of rotatable bonds is 7. The third kappa shape index (κ3) is 5.89. The van der Waals surface area contributed by atoms with E-state index >= 15 is 0 Å². The first-order chi connectivity index (χ1) is 14.8. The Morgan fingerprint density at radius 1 is 1.16 bits per heavy atom. The van der Waals surface area contributed by atoms with Crippen molar-refractivity contribution in [1.29, 1.82) is 0 Å². The molecule has 0 N–H and O–H groups in total. The number of carbonyl (C=O) groups is 4. The summed E-state index contributed by atoms with van der Waals surface area (Å²) in [4.78, 5) is 51.7. The van der Waals surface area contributed by atoms with Gasteiger partial charge in [0, 0.05) is 13.1 Å². The highest BCUT2D eigenvalue weighted by molar-refractivity contribution is 9.11. The first-order valence-corrected chi connectivity index (χ1v) is 12.0. The molecule has 2 saturated heterocycles. The minimum absolute atomic E-state index is 0.213. The molecule has 3 rings (SSSR count). The second-order valence-electron chi connectivity index (χ2n) is 6.76. The highest BCUT2D eigenvalue weighted by Gasteiger charge is 2.37. The van der Waals surface area contributed by atoms with E-state index in [1.54, 1.807) is 30.0 Å². The van der Waals surface area contributed by atoms with Crippen molar-refractivity contribution in [2.45, 2.75) is 19.8 Å². The van der Waals surface area contributed by atoms with Crippen LogP contribution in [-0.4, -0.2) is 65.7 Å². The molecule has 1 aromatic rings. The molecule has 1 aromatic carbocycles. The maximum atomic E-state index is 12.7. The van der Waals surface area contributed by atoms with Crippen molar-refractivity contribution in [2.24, 2.45) is 0 Å². The number of nitrogens with zero attached hydrogens (tertiary/aromatic N) is 2. The number of hydrogen-bond acceptors (Lipinski definition) is 7. The van der Waals surface area contributed by atoms with E-state index in [0.717, 1.165) is 29.5 Å². The Bertz CT molecular complexity index is 923. The molecule has 2 aliphatic heterocycles. The van der Waals surface area contributed by atoms with Gasteiger partial charge in [-0.3, -0.25) is 19.3 Å². The summed E-state index contributed by atoms with van der Waals surface area (Å²) >= 11 is 7.58. The Morgan fingerprint density at radius 2 is 1.81 bits per heavy atom. The Kier molecular flexibility index (Phi) is 8.17. The number of esters is 1. The predicted molar refractivity (Wildman–Crippen MR) is 122 cm³/mol. The number of amides is 3. The number of likely N-dealkylation sites (tertiary alicyclic amines) is 1. The van der Waals surface area contributed by atoms with Crippen molar-refractivity contribution < 1.29 is 28.7 Å². The zero-order chi connectivity index (χ0) is 22.5. The third-order valence-corrected chi connectivity index (χ3v) is 6.67. The van der Waals surface area contributed by atoms with Crippen LogP contribution < -0.4 is 4.74 Å². The second-order valence-corrected chi connectivity index (χ2v) is 9.46. The Labute approximate surface area is 200 Å². The summed E-state index contributed by atoms with van der Waals surface area (Å²) in [5.74, 6) is -0.774. The topological polar surface area (TPSA) is 93.2 Å². The standard InChI is InChI=1S/C20H20Br2N2O6S/c1-2-29-17(26)11-30-18-13(21)7-12(8-14(18)22)9-15-19(27)24(20(28)31-15)10-16(25)23-5-3-4-6-23/h7-9H,2-6,10-11H2,1H3/b15-9+. The van der Waals surface area contributed by atoms with Crippen LogP contribution in [-0.2, 0) is 19.1 Å². The van der Waals surface area contributed by atoms with E-state index < -0.39 is 17.1 Å². The molecule has 11 heteroatoms. The maximum Gasteiger partial charge on any atom is 0.344 e. The van der Waals surface area contributed by atoms with Gasteiger partial charge in [0.15, 0.2) is 6.61 Å². The molecule has 2 aliphatic rings. The zero-order valence-corrected chi connectivity index (χ0v) is 20.7. The molecule has 0 saturated carbocycles. The number of thioether (sulfide) groups is 1. The van der Waals surface area contributed by atoms with Gasteiger partial charge in [-0.25, -0.2) is 4.79 Å². The van der Waals surface area contributed by atoms with Gasteiger partial charge in [0.1, 0.15) is 12.3 Å². The fraction of sp³-hybridized carbons (Fsp3) is 0.400. The van der Waals surface area contributed by atoms with Crippen LogP contribution in [0.25, 0.3) is 6.08 Å². The SMILES string of the molecule is CCOC(=O)COc1c(Br)cc(/C=C2/SC(=O)N(CC(=O)N3CCCC3)C2=O)cc1Br. The smallest absolute Gasteiger partial charge is 0.344 e. The first-order valence-electron chi connectivity index (χ1n) is 9.60. The van der Waals surface area contributed by atoms with Crippen molar-refractivity contribution in [1.82, 2.24) is 9.80 Å². The third-order valence-electron chi connectivity index (χ3n) is 4.58. The predicted octanol–water partition coefficient (Wildman–Crippen LogP) is 3.81. The summed E-state index contributed by atoms with van der Waals surface area (Å²) in [6.45, 7) is 2.82. The molecule has 0 atom stereocenters. The van der Waals surface area contributed by atoms with Gasteiger partial charge < -0.3 is 14.4 Å². The molecule has 0 unspecified atom stereocenters. The maximum absolute atomic E-state index is 12.7. The quantitative estimate of drug-likeness (QED) is 0.360. The number of carbonyl (C=O) groups excluding carboxylic acids is 4. The summed E-state index contributed by atoms with van der Waals surface area (Å²) in [6.07, 6.45) is 3.46. The van der Waals surface area contributed by atoms with Gasteiger partial charge in [-0.2, -0.15) is 0 Å². The minimum atomic E-state index is -0.488. The van der Waals surface area contributed by atoms with Gasteiger partial charge in [0.2, 0.25) is 5.91 Å². The number of benzene rings is 1. The molecular formula is C20H20Br2N2O6S. The number of hydrogen-bond donors (Lipinski definition) is 0. The lowest BCUT2D eigenvalue weighted by Gasteiger charge is -2.18. The van der Waals surface area contributed by atoms with E-state index in [9.17, 15) is 19.2 Å². The molecule has 0 aliphatic carbocycles. The summed E-state index contributed by atoms with van der Waals surface area (Å²) in [7, 11) is 0. The molecule has 2 fully saturated rings. The average molecular weight is 576 g/mol. The van der Waals surface area contributed by atoms with Crippen molar-refractivity contribution in [3.05, 3.63) is 31.5 Å². The van der Waals surface area contributed by atoms with Gasteiger partial charge in [-0.15, -0.1) is 0 Å². The van der Waals surface area contributed by atoms with E-state index in [4.69, 9.17) is 9.47 Å². The van der Waals surface area contributed by atoms with Gasteiger partial charge >= 0.3 is 5.97 Å². The first kappa shape index (κ1) is 23.8. The molecule has 0 bridgehead atoms. The normalized spacial score (nSPS) is 17.6. The molecule has 31 heavy (non-hydrogen) atoms. The van der Waals surface area contributed by atoms with Gasteiger partial charge in [0.25, 0.3) is 11.1 Å². The van der Waals surface area contributed by atoms with Gasteiger partial charge in [-0.05, 0) is 87.2 Å². The molecular weight excluding hydrogens is 556 g/mol. The van der Waals surface area contributed by atoms with E-state index in [-0.39, 0.29) is 30.6 Å². The fourth-order valence-electron chi connectivity index (χ4n) is 3.12. The van der Waals surface area contributed by atoms with Crippen LogP contribution in [0.3, 0.4) is 0 Å². The molecule has 0 radical (unpaired) electrons.